The highest BCUT2D eigenvalue weighted by Crippen LogP contribution is 2.37. The molecule has 1 amide bonds. The van der Waals surface area contributed by atoms with Crippen LogP contribution in [-0.2, 0) is 4.84 Å². The second kappa shape index (κ2) is 9.09. The number of carbonyl (C=O) groups excluding carboxylic acids is 1. The molecule has 1 atom stereocenters. The van der Waals surface area contributed by atoms with E-state index in [2.05, 4.69) is 15.8 Å². The predicted molar refractivity (Wildman–Crippen MR) is 113 cm³/mol. The first-order valence-corrected chi connectivity index (χ1v) is 10.1. The maximum absolute atomic E-state index is 14.3. The van der Waals surface area contributed by atoms with Gasteiger partial charge in [0.2, 0.25) is 0 Å². The number of fused-ring (bicyclic) bond motifs is 1. The minimum atomic E-state index is -1.11. The number of hydroxylamine groups is 1. The maximum Gasteiger partial charge on any atom is 0.278 e. The lowest BCUT2D eigenvalue weighted by atomic mass is 10.2. The third-order valence-corrected chi connectivity index (χ3v) is 5.44. The number of halogens is 2. The van der Waals surface area contributed by atoms with Crippen molar-refractivity contribution in [2.24, 2.45) is 0 Å². The number of nitrogens with zero attached hydrogens (tertiary/aromatic N) is 1. The van der Waals surface area contributed by atoms with Gasteiger partial charge in [0.05, 0.1) is 17.9 Å². The molecule has 0 saturated heterocycles. The molecule has 0 unspecified atom stereocenters. The highest BCUT2D eigenvalue weighted by molar-refractivity contribution is 14.1. The predicted octanol–water partition coefficient (Wildman–Crippen LogP) is 3.11. The number of aryl methyl sites for hydroxylation is 1. The Morgan fingerprint density at radius 3 is 2.89 bits per heavy atom. The van der Waals surface area contributed by atoms with Crippen LogP contribution in [0.1, 0.15) is 16.1 Å². The summed E-state index contributed by atoms with van der Waals surface area (Å²) in [7, 11) is 0. The lowest BCUT2D eigenvalue weighted by Crippen LogP contribution is -2.30. The van der Waals surface area contributed by atoms with Crippen molar-refractivity contribution in [3.63, 3.8) is 0 Å². The van der Waals surface area contributed by atoms with Crippen LogP contribution in [0.25, 0.3) is 10.2 Å². The van der Waals surface area contributed by atoms with Gasteiger partial charge >= 0.3 is 0 Å². The SMILES string of the molecule is Cc1ccc2c(C(=O)NOC[C@H](O)CO)c(Nc3ccc(I)cc3F)sc2n1. The van der Waals surface area contributed by atoms with E-state index in [0.717, 1.165) is 9.26 Å². The number of aliphatic hydroxyl groups is 2. The molecule has 0 aliphatic carbocycles. The molecule has 0 bridgehead atoms. The van der Waals surface area contributed by atoms with E-state index in [1.165, 1.54) is 17.4 Å². The maximum atomic E-state index is 14.3. The molecule has 2 aromatic heterocycles. The summed E-state index contributed by atoms with van der Waals surface area (Å²) in [6.07, 6.45) is -1.11. The van der Waals surface area contributed by atoms with E-state index in [9.17, 15) is 14.3 Å². The quantitative estimate of drug-likeness (QED) is 0.284. The van der Waals surface area contributed by atoms with Gasteiger partial charge in [0.25, 0.3) is 5.91 Å². The topological polar surface area (TPSA) is 104 Å². The molecule has 7 nitrogen and oxygen atoms in total. The Kier molecular flexibility index (Phi) is 6.78. The number of pyridine rings is 1. The monoisotopic (exact) mass is 517 g/mol. The van der Waals surface area contributed by atoms with Crippen LogP contribution in [0, 0.1) is 16.3 Å². The summed E-state index contributed by atoms with van der Waals surface area (Å²) in [6.45, 7) is 1.08. The molecule has 4 N–H and O–H groups in total. The van der Waals surface area contributed by atoms with Crippen LogP contribution in [0.15, 0.2) is 30.3 Å². The number of aliphatic hydroxyl groups excluding tert-OH is 2. The molecule has 3 aromatic rings. The number of benzene rings is 1. The number of hydrogen-bond donors (Lipinski definition) is 4. The minimum Gasteiger partial charge on any atom is -0.394 e. The van der Waals surface area contributed by atoms with E-state index in [4.69, 9.17) is 9.94 Å². The number of carbonyl (C=O) groups is 1. The summed E-state index contributed by atoms with van der Waals surface area (Å²) in [6, 6.07) is 8.27. The van der Waals surface area contributed by atoms with Gasteiger partial charge in [0, 0.05) is 14.7 Å². The van der Waals surface area contributed by atoms with Gasteiger partial charge in [0.15, 0.2) is 0 Å². The average molecular weight is 517 g/mol. The molecule has 148 valence electrons. The van der Waals surface area contributed by atoms with Crippen LogP contribution in [0.4, 0.5) is 15.1 Å². The first-order chi connectivity index (χ1) is 13.4. The lowest BCUT2D eigenvalue weighted by Gasteiger charge is -2.11. The first-order valence-electron chi connectivity index (χ1n) is 8.22. The Morgan fingerprint density at radius 2 is 2.18 bits per heavy atom. The van der Waals surface area contributed by atoms with Gasteiger partial charge in [-0.1, -0.05) is 11.3 Å². The van der Waals surface area contributed by atoms with Crippen LogP contribution >= 0.6 is 33.9 Å². The molecule has 1 aromatic carbocycles. The molecule has 0 fully saturated rings. The van der Waals surface area contributed by atoms with Crippen molar-refractivity contribution in [3.05, 3.63) is 51.0 Å². The summed E-state index contributed by atoms with van der Waals surface area (Å²) >= 11 is 3.24. The Labute approximate surface area is 177 Å². The molecule has 0 aliphatic heterocycles. The van der Waals surface area contributed by atoms with E-state index in [1.807, 2.05) is 29.5 Å². The summed E-state index contributed by atoms with van der Waals surface area (Å²) in [5, 5.41) is 22.1. The first kappa shape index (κ1) is 20.9. The van der Waals surface area contributed by atoms with Crippen LogP contribution in [-0.4, -0.2) is 40.4 Å². The zero-order valence-electron chi connectivity index (χ0n) is 14.7. The van der Waals surface area contributed by atoms with Gasteiger partial charge in [-0.25, -0.2) is 14.9 Å². The second-order valence-corrected chi connectivity index (χ2v) is 8.18. The van der Waals surface area contributed by atoms with Crippen molar-refractivity contribution in [2.45, 2.75) is 13.0 Å². The molecular formula is C18H17FIN3O4S. The summed E-state index contributed by atoms with van der Waals surface area (Å²) in [5.74, 6) is -1.02. The van der Waals surface area contributed by atoms with Crippen LogP contribution in [0.3, 0.4) is 0 Å². The summed E-state index contributed by atoms with van der Waals surface area (Å²) in [5.41, 5.74) is 3.51. The third kappa shape index (κ3) is 4.75. The smallest absolute Gasteiger partial charge is 0.278 e. The van der Waals surface area contributed by atoms with Crippen molar-refractivity contribution in [1.82, 2.24) is 10.5 Å². The zero-order chi connectivity index (χ0) is 20.3. The molecule has 0 radical (unpaired) electrons. The Morgan fingerprint density at radius 1 is 1.39 bits per heavy atom. The van der Waals surface area contributed by atoms with E-state index in [-0.39, 0.29) is 17.9 Å². The van der Waals surface area contributed by atoms with Crippen LogP contribution in [0.5, 0.6) is 0 Å². The summed E-state index contributed by atoms with van der Waals surface area (Å²) < 4.78 is 15.0. The zero-order valence-corrected chi connectivity index (χ0v) is 17.7. The number of aromatic nitrogens is 1. The molecule has 0 saturated carbocycles. The Balaban J connectivity index is 1.94. The molecule has 0 aliphatic rings. The van der Waals surface area contributed by atoms with Crippen molar-refractivity contribution in [2.75, 3.05) is 18.5 Å². The number of hydrogen-bond acceptors (Lipinski definition) is 7. The average Bonchev–Trinajstić information content (AvgIpc) is 3.00. The Hall–Kier alpha value is -1.86. The fourth-order valence-electron chi connectivity index (χ4n) is 2.40. The lowest BCUT2D eigenvalue weighted by molar-refractivity contribution is -0.0294. The van der Waals surface area contributed by atoms with Crippen molar-refractivity contribution < 1.29 is 24.2 Å². The molecular weight excluding hydrogens is 500 g/mol. The van der Waals surface area contributed by atoms with E-state index < -0.39 is 24.4 Å². The normalized spacial score (nSPS) is 12.2. The molecule has 0 spiro atoms. The van der Waals surface area contributed by atoms with Gasteiger partial charge in [-0.05, 0) is 59.8 Å². The number of thiophene rings is 1. The van der Waals surface area contributed by atoms with Gasteiger partial charge in [0.1, 0.15) is 28.4 Å². The van der Waals surface area contributed by atoms with Crippen LogP contribution < -0.4 is 10.8 Å². The van der Waals surface area contributed by atoms with E-state index in [0.29, 0.717) is 15.2 Å². The fraction of sp³-hybridized carbons (Fsp3) is 0.222. The molecule has 28 heavy (non-hydrogen) atoms. The molecule has 2 heterocycles. The third-order valence-electron chi connectivity index (χ3n) is 3.75. The standard InChI is InChI=1S/C18H17FIN3O4S/c1-9-2-4-12-15(16(26)23-27-8-11(25)7-24)18(28-17(12)21-9)22-14-5-3-10(20)6-13(14)19/h2-6,11,22,24-25H,7-8H2,1H3,(H,23,26)/t11-/m1/s1. The second-order valence-electron chi connectivity index (χ2n) is 5.94. The van der Waals surface area contributed by atoms with Crippen molar-refractivity contribution in [1.29, 1.82) is 0 Å². The van der Waals surface area contributed by atoms with Gasteiger partial charge in [-0.15, -0.1) is 0 Å². The van der Waals surface area contributed by atoms with Gasteiger partial charge in [-0.3, -0.25) is 9.63 Å². The number of amides is 1. The largest absolute Gasteiger partial charge is 0.394 e. The summed E-state index contributed by atoms with van der Waals surface area (Å²) in [4.78, 5) is 22.7. The van der Waals surface area contributed by atoms with Crippen molar-refractivity contribution >= 4 is 60.7 Å². The number of rotatable bonds is 7. The van der Waals surface area contributed by atoms with Gasteiger partial charge in [-0.2, -0.15) is 0 Å². The minimum absolute atomic E-state index is 0.231. The molecule has 3 rings (SSSR count). The van der Waals surface area contributed by atoms with Crippen molar-refractivity contribution in [3.8, 4) is 0 Å². The van der Waals surface area contributed by atoms with Gasteiger partial charge < -0.3 is 15.5 Å². The van der Waals surface area contributed by atoms with E-state index >= 15 is 0 Å². The fourth-order valence-corrected chi connectivity index (χ4v) is 3.99. The van der Waals surface area contributed by atoms with E-state index in [1.54, 1.807) is 24.3 Å². The number of nitrogens with one attached hydrogen (secondary N) is 2. The molecule has 10 heteroatoms. The van der Waals surface area contributed by atoms with Crippen LogP contribution in [0.2, 0.25) is 0 Å². The highest BCUT2D eigenvalue weighted by atomic mass is 127. The highest BCUT2D eigenvalue weighted by Gasteiger charge is 2.21. The number of anilines is 2. The Bertz CT molecular complexity index is 1010.